The van der Waals surface area contributed by atoms with Crippen LogP contribution < -0.4 is 4.74 Å². The van der Waals surface area contributed by atoms with E-state index in [4.69, 9.17) is 22.1 Å². The second-order valence-electron chi connectivity index (χ2n) is 10.6. The van der Waals surface area contributed by atoms with E-state index in [1.54, 1.807) is 4.90 Å². The van der Waals surface area contributed by atoms with Crippen molar-refractivity contribution in [2.24, 2.45) is 0 Å². The van der Waals surface area contributed by atoms with Gasteiger partial charge in [-0.3, -0.25) is 9.69 Å². The molecule has 1 aromatic heterocycles. The number of hydrogen-bond acceptors (Lipinski definition) is 5. The molecule has 5 aromatic rings. The molecule has 0 radical (unpaired) electrons. The van der Waals surface area contributed by atoms with Gasteiger partial charge in [-0.15, -0.1) is 0 Å². The molecular weight excluding hydrogens is 571 g/mol. The molecule has 6 rings (SSSR count). The smallest absolute Gasteiger partial charge is 0.266 e. The molecule has 5 nitrogen and oxygen atoms in total. The van der Waals surface area contributed by atoms with Gasteiger partial charge in [0.2, 0.25) is 0 Å². The molecule has 2 heterocycles. The average Bonchev–Trinajstić information content (AvgIpc) is 3.58. The van der Waals surface area contributed by atoms with Crippen LogP contribution in [-0.4, -0.2) is 31.5 Å². The number of unbranched alkanes of at least 4 members (excludes halogenated alkanes) is 3. The largest absolute Gasteiger partial charge is 0.489 e. The molecule has 43 heavy (non-hydrogen) atoms. The molecule has 0 N–H and O–H groups in total. The van der Waals surface area contributed by atoms with E-state index < -0.39 is 0 Å². The maximum atomic E-state index is 13.3. The minimum Gasteiger partial charge on any atom is -0.489 e. The standard InChI is InChI=1S/C36H33N3O2S2/c1-2-3-4-10-22-38-35(40)33(43-36(38)42)23-29-24-39(30-15-6-5-7-16-30)37-34(29)27-18-20-31(21-19-27)41-25-28-14-11-13-26-12-8-9-17-32(26)28/h5-9,11-21,23-24H,2-4,10,22,25H2,1H3/b33-23-. The monoisotopic (exact) mass is 603 g/mol. The van der Waals surface area contributed by atoms with Crippen molar-refractivity contribution in [3.63, 3.8) is 0 Å². The van der Waals surface area contributed by atoms with Gasteiger partial charge in [0, 0.05) is 23.9 Å². The fourth-order valence-corrected chi connectivity index (χ4v) is 6.55. The number of thioether (sulfide) groups is 1. The molecule has 0 saturated carbocycles. The first-order valence-electron chi connectivity index (χ1n) is 14.7. The van der Waals surface area contributed by atoms with E-state index in [2.05, 4.69) is 49.4 Å². The number of carbonyl (C=O) groups is 1. The maximum Gasteiger partial charge on any atom is 0.266 e. The molecule has 1 aliphatic heterocycles. The van der Waals surface area contributed by atoms with Crippen molar-refractivity contribution in [3.05, 3.63) is 119 Å². The van der Waals surface area contributed by atoms with Crippen LogP contribution >= 0.6 is 24.0 Å². The number of nitrogens with zero attached hydrogens (tertiary/aromatic N) is 3. The Morgan fingerprint density at radius 2 is 1.65 bits per heavy atom. The molecule has 4 aromatic carbocycles. The predicted octanol–water partition coefficient (Wildman–Crippen LogP) is 9.05. The Kier molecular flexibility index (Phi) is 9.01. The molecule has 0 aliphatic carbocycles. The summed E-state index contributed by atoms with van der Waals surface area (Å²) >= 11 is 6.96. The van der Waals surface area contributed by atoms with Crippen LogP contribution in [0.5, 0.6) is 5.75 Å². The number of rotatable bonds is 11. The summed E-state index contributed by atoms with van der Waals surface area (Å²) in [6.07, 6.45) is 8.28. The summed E-state index contributed by atoms with van der Waals surface area (Å²) in [7, 11) is 0. The van der Waals surface area contributed by atoms with E-state index in [0.29, 0.717) is 22.4 Å². The van der Waals surface area contributed by atoms with Gasteiger partial charge in [0.05, 0.1) is 16.3 Å². The van der Waals surface area contributed by atoms with Crippen molar-refractivity contribution >= 4 is 51.1 Å². The lowest BCUT2D eigenvalue weighted by Crippen LogP contribution is -2.29. The van der Waals surface area contributed by atoms with Gasteiger partial charge in [-0.1, -0.05) is 111 Å². The number of ether oxygens (including phenoxy) is 1. The van der Waals surface area contributed by atoms with Gasteiger partial charge in [-0.2, -0.15) is 5.10 Å². The fraction of sp³-hybridized carbons (Fsp3) is 0.194. The van der Waals surface area contributed by atoms with Crippen LogP contribution in [0.15, 0.2) is 108 Å². The highest BCUT2D eigenvalue weighted by Gasteiger charge is 2.32. The summed E-state index contributed by atoms with van der Waals surface area (Å²) in [5.41, 5.74) is 4.68. The van der Waals surface area contributed by atoms with Crippen molar-refractivity contribution < 1.29 is 9.53 Å². The van der Waals surface area contributed by atoms with E-state index in [0.717, 1.165) is 53.1 Å². The molecule has 0 spiro atoms. The highest BCUT2D eigenvalue weighted by Crippen LogP contribution is 2.35. The minimum atomic E-state index is -0.0258. The van der Waals surface area contributed by atoms with Crippen LogP contribution in [0.1, 0.15) is 43.7 Å². The topological polar surface area (TPSA) is 47.4 Å². The van der Waals surface area contributed by atoms with Crippen molar-refractivity contribution in [3.8, 4) is 22.7 Å². The van der Waals surface area contributed by atoms with Gasteiger partial charge in [-0.25, -0.2) is 4.68 Å². The summed E-state index contributed by atoms with van der Waals surface area (Å²) in [6.45, 7) is 3.33. The Morgan fingerprint density at radius 1 is 0.884 bits per heavy atom. The number of fused-ring (bicyclic) bond motifs is 1. The van der Waals surface area contributed by atoms with E-state index in [1.165, 1.54) is 29.0 Å². The van der Waals surface area contributed by atoms with Gasteiger partial charge in [0.15, 0.2) is 0 Å². The summed E-state index contributed by atoms with van der Waals surface area (Å²) in [6, 6.07) is 32.6. The molecule has 1 aliphatic rings. The fourth-order valence-electron chi connectivity index (χ4n) is 5.25. The molecular formula is C36H33N3O2S2. The Bertz CT molecular complexity index is 1770. The van der Waals surface area contributed by atoms with Crippen LogP contribution in [0, 0.1) is 0 Å². The Balaban J connectivity index is 1.25. The Morgan fingerprint density at radius 3 is 2.47 bits per heavy atom. The first kappa shape index (κ1) is 28.9. The molecule has 1 fully saturated rings. The highest BCUT2D eigenvalue weighted by molar-refractivity contribution is 8.26. The van der Waals surface area contributed by atoms with Crippen molar-refractivity contribution in [2.75, 3.05) is 6.54 Å². The molecule has 1 amide bonds. The van der Waals surface area contributed by atoms with Crippen LogP contribution in [0.4, 0.5) is 0 Å². The summed E-state index contributed by atoms with van der Waals surface area (Å²) in [5.74, 6) is 0.756. The number of benzene rings is 4. The quantitative estimate of drug-likeness (QED) is 0.0856. The van der Waals surface area contributed by atoms with Crippen LogP contribution in [0.2, 0.25) is 0 Å². The van der Waals surface area contributed by atoms with E-state index in [9.17, 15) is 4.79 Å². The Labute approximate surface area is 262 Å². The SMILES string of the molecule is CCCCCCN1C(=O)/C(=C/c2cn(-c3ccccc3)nc2-c2ccc(OCc3cccc4ccccc34)cc2)SC1=S. The molecule has 216 valence electrons. The van der Waals surface area contributed by atoms with Crippen molar-refractivity contribution in [1.82, 2.24) is 14.7 Å². The summed E-state index contributed by atoms with van der Waals surface area (Å²) in [5, 5.41) is 7.35. The third-order valence-corrected chi connectivity index (χ3v) is 8.94. The van der Waals surface area contributed by atoms with E-state index in [-0.39, 0.29) is 5.91 Å². The van der Waals surface area contributed by atoms with Crippen LogP contribution in [0.3, 0.4) is 0 Å². The molecule has 1 saturated heterocycles. The van der Waals surface area contributed by atoms with Crippen molar-refractivity contribution in [2.45, 2.75) is 39.2 Å². The third-order valence-electron chi connectivity index (χ3n) is 7.56. The first-order chi connectivity index (χ1) is 21.1. The average molecular weight is 604 g/mol. The number of thiocarbonyl (C=S) groups is 1. The zero-order valence-electron chi connectivity index (χ0n) is 24.1. The van der Waals surface area contributed by atoms with E-state index >= 15 is 0 Å². The zero-order chi connectivity index (χ0) is 29.6. The first-order valence-corrected chi connectivity index (χ1v) is 15.9. The third kappa shape index (κ3) is 6.58. The Hall–Kier alpha value is -4.20. The van der Waals surface area contributed by atoms with Gasteiger partial charge in [0.1, 0.15) is 16.7 Å². The summed E-state index contributed by atoms with van der Waals surface area (Å²) < 4.78 is 8.66. The lowest BCUT2D eigenvalue weighted by molar-refractivity contribution is -0.122. The molecule has 0 bridgehead atoms. The lowest BCUT2D eigenvalue weighted by Gasteiger charge is -2.13. The number of aromatic nitrogens is 2. The lowest BCUT2D eigenvalue weighted by atomic mass is 10.1. The molecule has 0 unspecified atom stereocenters. The number of carbonyl (C=O) groups excluding carboxylic acids is 1. The molecule has 0 atom stereocenters. The van der Waals surface area contributed by atoms with E-state index in [1.807, 2.05) is 71.6 Å². The van der Waals surface area contributed by atoms with Gasteiger partial charge in [0.25, 0.3) is 5.91 Å². The second-order valence-corrected chi connectivity index (χ2v) is 12.2. The normalized spacial score (nSPS) is 14.3. The molecule has 7 heteroatoms. The number of para-hydroxylation sites is 1. The number of amides is 1. The minimum absolute atomic E-state index is 0.0258. The van der Waals surface area contributed by atoms with Crippen LogP contribution in [0.25, 0.3) is 33.8 Å². The summed E-state index contributed by atoms with van der Waals surface area (Å²) in [4.78, 5) is 15.7. The van der Waals surface area contributed by atoms with Crippen molar-refractivity contribution in [1.29, 1.82) is 0 Å². The van der Waals surface area contributed by atoms with Gasteiger partial charge >= 0.3 is 0 Å². The maximum absolute atomic E-state index is 13.3. The predicted molar refractivity (Wildman–Crippen MR) is 181 cm³/mol. The zero-order valence-corrected chi connectivity index (χ0v) is 25.7. The van der Waals surface area contributed by atoms with Gasteiger partial charge < -0.3 is 4.74 Å². The van der Waals surface area contributed by atoms with Crippen LogP contribution in [-0.2, 0) is 11.4 Å². The highest BCUT2D eigenvalue weighted by atomic mass is 32.2. The van der Waals surface area contributed by atoms with Gasteiger partial charge in [-0.05, 0) is 65.2 Å². The second kappa shape index (κ2) is 13.4. The number of hydrogen-bond donors (Lipinski definition) is 0.